The van der Waals surface area contributed by atoms with Gasteiger partial charge in [-0.3, -0.25) is 28.9 Å². The Kier molecular flexibility index (Phi) is 39.1. The quantitative estimate of drug-likeness (QED) is 0.00929. The number of oxazole rings is 1. The van der Waals surface area contributed by atoms with Crippen LogP contribution < -0.4 is 27.8 Å². The number of amides is 4. The summed E-state index contributed by atoms with van der Waals surface area (Å²) in [5.41, 5.74) is 26.8. The van der Waals surface area contributed by atoms with Gasteiger partial charge in [-0.15, -0.1) is 0 Å². The summed E-state index contributed by atoms with van der Waals surface area (Å²) in [7, 11) is 3.09. The van der Waals surface area contributed by atoms with Gasteiger partial charge in [0.25, 0.3) is 17.7 Å². The number of hydrogen-bond donors (Lipinski definition) is 9. The Balaban J connectivity index is 0.523. The number of fused-ring (bicyclic) bond motifs is 6. The van der Waals surface area contributed by atoms with Gasteiger partial charge >= 0.3 is 12.1 Å². The van der Waals surface area contributed by atoms with Crippen molar-refractivity contribution in [1.82, 2.24) is 50.1 Å². The number of cyclic esters (lactones) is 1. The molecule has 5 aromatic rings. The van der Waals surface area contributed by atoms with Crippen LogP contribution in [0.5, 0.6) is 0 Å². The maximum Gasteiger partial charge on any atom is 0.407 e. The van der Waals surface area contributed by atoms with E-state index < -0.39 is 114 Å². The molecule has 11 rings (SSSR count). The smallest absolute Gasteiger partial charge is 0.407 e. The van der Waals surface area contributed by atoms with Crippen molar-refractivity contribution in [2.24, 2.45) is 35.3 Å². The fourth-order valence-electron chi connectivity index (χ4n) is 18.1. The number of nitrogens with one attached hydrogen (secondary N) is 2. The molecule has 8 heterocycles. The number of nitrogen functional groups attached to an aromatic ring is 2. The monoisotopic (exact) mass is 1820 g/mol. The Bertz CT molecular complexity index is 4670. The van der Waals surface area contributed by atoms with Gasteiger partial charge in [0.05, 0.1) is 129 Å². The number of piperidine rings is 2. The van der Waals surface area contributed by atoms with Gasteiger partial charge in [-0.2, -0.15) is 10.1 Å². The Morgan fingerprint density at radius 1 is 0.715 bits per heavy atom. The number of alkyl carbamates (subject to hydrolysis) is 1. The van der Waals surface area contributed by atoms with Crippen LogP contribution in [0, 0.1) is 29.6 Å². The first-order valence-electron chi connectivity index (χ1n) is 46.1. The van der Waals surface area contributed by atoms with E-state index in [1.807, 2.05) is 70.8 Å². The second kappa shape index (κ2) is 50.1. The van der Waals surface area contributed by atoms with Crippen LogP contribution in [0.15, 0.2) is 94.7 Å². The molecule has 4 amide bonds. The third-order valence-electron chi connectivity index (χ3n) is 25.8. The number of Topliss-reactive ketones (excluding diaryl/α,β-unsaturated/α-hetero) is 2. The number of benzene rings is 2. The molecule has 0 spiro atoms. The van der Waals surface area contributed by atoms with Gasteiger partial charge in [-0.1, -0.05) is 82.4 Å². The van der Waals surface area contributed by atoms with E-state index in [4.69, 9.17) is 78.8 Å². The number of ether oxygens (including phenoxy) is 11. The molecule has 12 N–H and O–H groups in total. The summed E-state index contributed by atoms with van der Waals surface area (Å²) >= 11 is 0. The summed E-state index contributed by atoms with van der Waals surface area (Å²) in [5, 5.41) is 58.2. The molecule has 1 aliphatic carbocycles. The fourth-order valence-corrected chi connectivity index (χ4v) is 18.1. The van der Waals surface area contributed by atoms with Crippen LogP contribution >= 0.6 is 0 Å². The minimum absolute atomic E-state index is 0.0125. The minimum atomic E-state index is -2.50. The Labute approximate surface area is 760 Å². The topological polar surface area (TPSA) is 483 Å². The number of hydrogen-bond acceptors (Lipinski definition) is 31. The molecule has 1 saturated carbocycles. The van der Waals surface area contributed by atoms with E-state index in [1.54, 1.807) is 46.9 Å². The fraction of sp³-hybridized carbons (Fsp3) is 0.649. The third-order valence-corrected chi connectivity index (χ3v) is 25.8. The predicted molar refractivity (Wildman–Crippen MR) is 481 cm³/mol. The molecule has 716 valence electrons. The van der Waals surface area contributed by atoms with E-state index in [9.17, 15) is 54.0 Å². The van der Waals surface area contributed by atoms with Crippen molar-refractivity contribution < 1.29 is 111 Å². The first-order chi connectivity index (χ1) is 62.6. The van der Waals surface area contributed by atoms with E-state index in [-0.39, 0.29) is 86.5 Å². The highest BCUT2D eigenvalue weighted by Gasteiger charge is 2.53. The highest BCUT2D eigenvalue weighted by Crippen LogP contribution is 2.40. The molecule has 0 radical (unpaired) electrons. The molecule has 36 nitrogen and oxygen atoms in total. The normalized spacial score (nSPS) is 27.5. The van der Waals surface area contributed by atoms with Crippen molar-refractivity contribution in [2.45, 2.75) is 230 Å². The van der Waals surface area contributed by atoms with E-state index >= 15 is 0 Å². The largest absolute Gasteiger partial charge is 0.459 e. The summed E-state index contributed by atoms with van der Waals surface area (Å²) in [6.45, 7) is 18.1. The molecular weight excluding hydrogens is 1680 g/mol. The van der Waals surface area contributed by atoms with Gasteiger partial charge in [0.15, 0.2) is 17.0 Å². The Morgan fingerprint density at radius 2 is 1.42 bits per heavy atom. The number of rotatable bonds is 33. The van der Waals surface area contributed by atoms with E-state index in [0.717, 1.165) is 33.6 Å². The number of allylic oxidation sites excluding steroid dienone is 5. The van der Waals surface area contributed by atoms with Gasteiger partial charge in [-0.25, -0.2) is 24.2 Å². The third kappa shape index (κ3) is 28.7. The highest BCUT2D eigenvalue weighted by atomic mass is 16.6. The number of carbonyl (C=O) groups is 7. The average molecular weight is 1820 g/mol. The molecule has 3 saturated heterocycles. The molecule has 36 heteroatoms. The van der Waals surface area contributed by atoms with Crippen molar-refractivity contribution in [3.63, 3.8) is 0 Å². The Hall–Kier alpha value is -9.09. The molecular formula is C94H137N13O23. The van der Waals surface area contributed by atoms with Gasteiger partial charge in [0.2, 0.25) is 17.6 Å². The SMILES string of the molecule is CO[C@H]1C[C@@H]2CC[C@@H](C)[C@@](O)(O2)C(=O)C(=O)N2CCCC[C@H]2C(=O)O[C@H]([C@H](N)C[C@@H]2CC[C@@H](OC(=O)NC3CCN(CC(=O)NCCOCCOCCOCCOCCOCCOCCC(=O)N4CCc5cc(Cn6nc(-c7ccc8oc(N)nc8c7)c7c(N)ncnc76)ccc5C4)CC3)[C@H](OC)C2)C[C@@H](O)[C@H](C)/C=C(\C)[C@@H](O)[C@@H](O)C(=O)[C@H](C)C[C@H](C)/C=C/C=CC=C1C. The maximum absolute atomic E-state index is 14.7. The number of esters is 1. The maximum atomic E-state index is 14.7. The lowest BCUT2D eigenvalue weighted by Gasteiger charge is -2.42. The predicted octanol–water partition coefficient (Wildman–Crippen LogP) is 6.56. The molecule has 3 aromatic heterocycles. The zero-order chi connectivity index (χ0) is 93.0. The molecule has 5 aliphatic heterocycles. The molecule has 4 fully saturated rings. The second-order valence-corrected chi connectivity index (χ2v) is 35.5. The van der Waals surface area contributed by atoms with Gasteiger partial charge in [0, 0.05) is 102 Å². The van der Waals surface area contributed by atoms with Crippen molar-refractivity contribution >= 4 is 75.3 Å². The van der Waals surface area contributed by atoms with Crippen molar-refractivity contribution in [3.8, 4) is 11.3 Å². The lowest BCUT2D eigenvalue weighted by atomic mass is 9.80. The number of likely N-dealkylation sites (tertiary alicyclic amines) is 1. The number of nitrogens with two attached hydrogens (primary N) is 3. The average Bonchev–Trinajstić information content (AvgIpc) is 1.61. The highest BCUT2D eigenvalue weighted by molar-refractivity contribution is 6.39. The minimum Gasteiger partial charge on any atom is -0.459 e. The number of aliphatic hydroxyl groups is 4. The van der Waals surface area contributed by atoms with Crippen LogP contribution in [0.2, 0.25) is 0 Å². The number of aromatic nitrogens is 5. The zero-order valence-corrected chi connectivity index (χ0v) is 76.6. The van der Waals surface area contributed by atoms with Crippen molar-refractivity contribution in [2.75, 3.05) is 144 Å². The standard InChI is InChI=1S/C94H137N13O23/c1-58-14-10-9-11-15-59(2)77(119-7)52-70-22-17-63(6)94(118,130-70)87(114)90(115)106-30-13-12-16-73(106)91(116)127-78(53-74(108)60(3)47-62(5)85(112)86(113)84(111)61(4)46-58)71(95)49-64-19-23-76(79(50-64)120-8)129-93(117)101-69-26-31-104(32-27-69)56-80(109)98-29-35-122-37-39-124-41-43-126-45-44-125-42-40-123-38-36-121-34-28-81(110)105-33-25-66-48-65(18-20-68(66)55-105)54-107-89-82(88(96)99-57-100-89)83(103-107)67-21-24-75-72(51-67)102-92(97)128-75/h9-11,14-15,18,20-21,24,47-48,51,57-58,60-61,63-64,69-71,73-74,76-79,85-86,108,112-113,118H,12-13,16-17,19,22-23,25-46,49-50,52-56,95H2,1-8H3,(H2,97,102)(H,98,109)(H,101,117)(H2,96,99,100)/b11-9?,14-10+,59-15?,62-47+/t58-,60-,61-,63-,64+,70+,71-,73+,74-,76-,77+,78+,79-,85-,86+,94-/m1/s1. The van der Waals surface area contributed by atoms with Gasteiger partial charge in [0.1, 0.15) is 53.8 Å². The van der Waals surface area contributed by atoms with E-state index in [1.165, 1.54) is 19.0 Å². The van der Waals surface area contributed by atoms with Crippen LogP contribution in [0.25, 0.3) is 33.4 Å². The number of aliphatic hydroxyl groups excluding tert-OH is 3. The molecule has 130 heavy (non-hydrogen) atoms. The van der Waals surface area contributed by atoms with Crippen LogP contribution in [-0.4, -0.2) is 307 Å². The van der Waals surface area contributed by atoms with E-state index in [0.29, 0.717) is 216 Å². The molecule has 2 bridgehead atoms. The van der Waals surface area contributed by atoms with Gasteiger partial charge < -0.3 is 115 Å². The number of carbonyl (C=O) groups excluding carboxylic acids is 7. The van der Waals surface area contributed by atoms with Crippen LogP contribution in [0.3, 0.4) is 0 Å². The molecule has 0 unspecified atom stereocenters. The molecule has 6 aliphatic rings. The zero-order valence-electron chi connectivity index (χ0n) is 76.6. The van der Waals surface area contributed by atoms with Crippen molar-refractivity contribution in [3.05, 3.63) is 107 Å². The first kappa shape index (κ1) is 101. The molecule has 16 atom stereocenters. The Morgan fingerprint density at radius 3 is 2.13 bits per heavy atom. The number of ketones is 2. The second-order valence-electron chi connectivity index (χ2n) is 35.5. The summed E-state index contributed by atoms with van der Waals surface area (Å²) in [4.78, 5) is 115. The summed E-state index contributed by atoms with van der Waals surface area (Å²) in [5.74, 6) is -8.31. The van der Waals surface area contributed by atoms with Crippen LogP contribution in [0.4, 0.5) is 16.6 Å². The van der Waals surface area contributed by atoms with Crippen LogP contribution in [0.1, 0.15) is 155 Å². The summed E-state index contributed by atoms with van der Waals surface area (Å²) < 4.78 is 71.5. The lowest BCUT2D eigenvalue weighted by molar-refractivity contribution is -0.265. The number of methoxy groups -OCH3 is 2. The van der Waals surface area contributed by atoms with Crippen molar-refractivity contribution in [1.29, 1.82) is 0 Å². The lowest BCUT2D eigenvalue weighted by Crippen LogP contribution is -2.61. The van der Waals surface area contributed by atoms with E-state index in [2.05, 4.69) is 43.8 Å². The molecule has 2 aromatic carbocycles. The van der Waals surface area contributed by atoms with Gasteiger partial charge in [-0.05, 0) is 155 Å². The number of anilines is 2. The summed E-state index contributed by atoms with van der Waals surface area (Å²) in [6, 6.07) is 9.55. The summed E-state index contributed by atoms with van der Waals surface area (Å²) in [6.07, 6.45) is 9.90. The first-order valence-corrected chi connectivity index (χ1v) is 46.1. The van der Waals surface area contributed by atoms with Crippen LogP contribution in [-0.2, 0) is 100 Å². The number of nitrogens with zero attached hydrogens (tertiary/aromatic N) is 8.